The second-order valence-corrected chi connectivity index (χ2v) is 6.30. The van der Waals surface area contributed by atoms with E-state index in [0.29, 0.717) is 5.69 Å². The van der Waals surface area contributed by atoms with Crippen molar-refractivity contribution in [3.8, 4) is 5.75 Å². The Kier molecular flexibility index (Phi) is 3.75. The van der Waals surface area contributed by atoms with Crippen molar-refractivity contribution in [3.05, 3.63) is 40.1 Å². The number of anilines is 1. The molecule has 0 saturated carbocycles. The summed E-state index contributed by atoms with van der Waals surface area (Å²) in [4.78, 5) is 4.49. The molecule has 0 radical (unpaired) electrons. The van der Waals surface area contributed by atoms with E-state index in [-0.39, 0.29) is 17.8 Å². The lowest BCUT2D eigenvalue weighted by molar-refractivity contribution is 0.289. The van der Waals surface area contributed by atoms with E-state index in [2.05, 4.69) is 25.8 Å². The smallest absolute Gasteiger partial charge is 0.167 e. The van der Waals surface area contributed by atoms with Gasteiger partial charge in [0, 0.05) is 22.5 Å². The van der Waals surface area contributed by atoms with E-state index in [1.807, 2.05) is 5.38 Å². The van der Waals surface area contributed by atoms with Crippen LogP contribution >= 0.6 is 11.3 Å². The van der Waals surface area contributed by atoms with E-state index in [1.54, 1.807) is 6.07 Å². The normalized spacial score (nSPS) is 11.6. The van der Waals surface area contributed by atoms with Gasteiger partial charge in [-0.05, 0) is 12.1 Å². The van der Waals surface area contributed by atoms with Crippen molar-refractivity contribution in [3.63, 3.8) is 0 Å². The first-order valence-electron chi connectivity index (χ1n) is 5.99. The number of rotatable bonds is 3. The molecule has 0 spiro atoms. The molecule has 0 saturated heterocycles. The predicted molar refractivity (Wildman–Crippen MR) is 76.0 cm³/mol. The lowest BCUT2D eigenvalue weighted by Gasteiger charge is -2.14. The molecule has 0 bridgehead atoms. The lowest BCUT2D eigenvalue weighted by Crippen LogP contribution is -2.11. The highest BCUT2D eigenvalue weighted by Crippen LogP contribution is 2.25. The summed E-state index contributed by atoms with van der Waals surface area (Å²) in [6, 6.07) is 4.39. The van der Waals surface area contributed by atoms with Crippen LogP contribution in [0.5, 0.6) is 5.75 Å². The van der Waals surface area contributed by atoms with Gasteiger partial charge in [-0.3, -0.25) is 0 Å². The summed E-state index contributed by atoms with van der Waals surface area (Å²) < 4.78 is 18.9. The number of hydrogen-bond donors (Lipinski definition) is 1. The highest BCUT2D eigenvalue weighted by Gasteiger charge is 2.17. The highest BCUT2D eigenvalue weighted by molar-refractivity contribution is 7.09. The lowest BCUT2D eigenvalue weighted by atomic mass is 9.93. The first kappa shape index (κ1) is 13.8. The molecule has 102 valence electrons. The van der Waals surface area contributed by atoms with Gasteiger partial charge in [0.15, 0.2) is 11.6 Å². The number of thiazole rings is 1. The number of ether oxygens (including phenoxy) is 1. The van der Waals surface area contributed by atoms with Crippen LogP contribution in [0.1, 0.15) is 31.5 Å². The van der Waals surface area contributed by atoms with E-state index in [9.17, 15) is 4.39 Å². The fraction of sp³-hybridized carbons (Fsp3) is 0.357. The van der Waals surface area contributed by atoms with Crippen molar-refractivity contribution in [1.82, 2.24) is 4.98 Å². The standard InChI is InChI=1S/C14H17FN2OS/c1-14(2,3)12-8-19-13(17-12)7-18-11-5-4-9(16)6-10(11)15/h4-6,8H,7,16H2,1-3H3. The quantitative estimate of drug-likeness (QED) is 0.871. The zero-order valence-corrected chi connectivity index (χ0v) is 12.1. The van der Waals surface area contributed by atoms with Crippen LogP contribution in [0.25, 0.3) is 0 Å². The van der Waals surface area contributed by atoms with Gasteiger partial charge in [-0.15, -0.1) is 11.3 Å². The van der Waals surface area contributed by atoms with Crippen LogP contribution in [0.4, 0.5) is 10.1 Å². The number of nitrogens with zero attached hydrogens (tertiary/aromatic N) is 1. The predicted octanol–water partition coefficient (Wildman–Crippen LogP) is 3.74. The Morgan fingerprint density at radius 2 is 2.11 bits per heavy atom. The molecule has 2 N–H and O–H groups in total. The molecule has 0 amide bonds. The number of benzene rings is 1. The molecule has 0 aliphatic carbocycles. The monoisotopic (exact) mass is 280 g/mol. The van der Waals surface area contributed by atoms with Crippen LogP contribution < -0.4 is 10.5 Å². The molecule has 0 aliphatic rings. The summed E-state index contributed by atoms with van der Waals surface area (Å²) in [7, 11) is 0. The first-order chi connectivity index (χ1) is 8.86. The molecule has 0 atom stereocenters. The zero-order valence-electron chi connectivity index (χ0n) is 11.2. The van der Waals surface area contributed by atoms with Crippen LogP contribution in [-0.2, 0) is 12.0 Å². The average Bonchev–Trinajstić information content (AvgIpc) is 2.76. The Morgan fingerprint density at radius 1 is 1.37 bits per heavy atom. The minimum atomic E-state index is -0.451. The van der Waals surface area contributed by atoms with Gasteiger partial charge in [0.25, 0.3) is 0 Å². The van der Waals surface area contributed by atoms with Crippen molar-refractivity contribution < 1.29 is 9.13 Å². The van der Waals surface area contributed by atoms with E-state index < -0.39 is 5.82 Å². The minimum absolute atomic E-state index is 0.0151. The van der Waals surface area contributed by atoms with E-state index in [0.717, 1.165) is 10.7 Å². The average molecular weight is 280 g/mol. The minimum Gasteiger partial charge on any atom is -0.483 e. The van der Waals surface area contributed by atoms with Crippen molar-refractivity contribution in [2.75, 3.05) is 5.73 Å². The van der Waals surface area contributed by atoms with Crippen LogP contribution in [0.3, 0.4) is 0 Å². The molecule has 19 heavy (non-hydrogen) atoms. The molecule has 1 heterocycles. The summed E-state index contributed by atoms with van der Waals surface area (Å²) in [5, 5.41) is 2.85. The Balaban J connectivity index is 2.04. The SMILES string of the molecule is CC(C)(C)c1csc(COc2ccc(N)cc2F)n1. The fourth-order valence-electron chi connectivity index (χ4n) is 1.50. The van der Waals surface area contributed by atoms with Crippen LogP contribution in [0.2, 0.25) is 0 Å². The number of aromatic nitrogens is 1. The van der Waals surface area contributed by atoms with Gasteiger partial charge >= 0.3 is 0 Å². The Labute approximate surface area is 116 Å². The first-order valence-corrected chi connectivity index (χ1v) is 6.87. The van der Waals surface area contributed by atoms with Gasteiger partial charge in [-0.2, -0.15) is 0 Å². The Bertz CT molecular complexity index is 575. The number of nitrogens with two attached hydrogens (primary N) is 1. The Morgan fingerprint density at radius 3 is 2.68 bits per heavy atom. The van der Waals surface area contributed by atoms with Crippen molar-refractivity contribution in [2.24, 2.45) is 0 Å². The largest absolute Gasteiger partial charge is 0.483 e. The van der Waals surface area contributed by atoms with Crippen molar-refractivity contribution in [2.45, 2.75) is 32.8 Å². The molecule has 1 aromatic heterocycles. The van der Waals surface area contributed by atoms with Crippen LogP contribution in [-0.4, -0.2) is 4.98 Å². The molecule has 5 heteroatoms. The van der Waals surface area contributed by atoms with Crippen molar-refractivity contribution >= 4 is 17.0 Å². The van der Waals surface area contributed by atoms with Crippen LogP contribution in [0, 0.1) is 5.82 Å². The maximum absolute atomic E-state index is 13.5. The maximum atomic E-state index is 13.5. The molecular weight excluding hydrogens is 263 g/mol. The van der Waals surface area contributed by atoms with Gasteiger partial charge < -0.3 is 10.5 Å². The van der Waals surface area contributed by atoms with E-state index >= 15 is 0 Å². The molecular formula is C14H17FN2OS. The van der Waals surface area contributed by atoms with Gasteiger partial charge in [0.1, 0.15) is 11.6 Å². The maximum Gasteiger partial charge on any atom is 0.167 e. The van der Waals surface area contributed by atoms with E-state index in [1.165, 1.54) is 23.5 Å². The number of hydrogen-bond acceptors (Lipinski definition) is 4. The second kappa shape index (κ2) is 5.17. The van der Waals surface area contributed by atoms with E-state index in [4.69, 9.17) is 10.5 Å². The molecule has 2 rings (SSSR count). The summed E-state index contributed by atoms with van der Waals surface area (Å²) >= 11 is 1.52. The summed E-state index contributed by atoms with van der Waals surface area (Å²) in [5.74, 6) is -0.255. The van der Waals surface area contributed by atoms with Crippen molar-refractivity contribution in [1.29, 1.82) is 0 Å². The summed E-state index contributed by atoms with van der Waals surface area (Å²) in [5.41, 5.74) is 6.90. The third-order valence-corrected chi connectivity index (χ3v) is 3.45. The summed E-state index contributed by atoms with van der Waals surface area (Å²) in [6.45, 7) is 6.58. The van der Waals surface area contributed by atoms with Gasteiger partial charge in [0.2, 0.25) is 0 Å². The molecule has 2 aromatic rings. The van der Waals surface area contributed by atoms with Gasteiger partial charge in [-0.1, -0.05) is 20.8 Å². The third kappa shape index (κ3) is 3.44. The molecule has 3 nitrogen and oxygen atoms in total. The molecule has 1 aromatic carbocycles. The van der Waals surface area contributed by atoms with Gasteiger partial charge in [0.05, 0.1) is 5.69 Å². The summed E-state index contributed by atoms with van der Waals surface area (Å²) in [6.07, 6.45) is 0. The molecule has 0 unspecified atom stereocenters. The van der Waals surface area contributed by atoms with Crippen LogP contribution in [0.15, 0.2) is 23.6 Å². The fourth-order valence-corrected chi connectivity index (χ4v) is 2.43. The molecule has 0 fully saturated rings. The third-order valence-electron chi connectivity index (χ3n) is 2.63. The van der Waals surface area contributed by atoms with Gasteiger partial charge in [-0.25, -0.2) is 9.37 Å². The second-order valence-electron chi connectivity index (χ2n) is 5.36. The zero-order chi connectivity index (χ0) is 14.0. The Hall–Kier alpha value is -1.62. The number of nitrogen functional groups attached to an aromatic ring is 1. The highest BCUT2D eigenvalue weighted by atomic mass is 32.1. The topological polar surface area (TPSA) is 48.1 Å². The number of halogens is 1. The molecule has 0 aliphatic heterocycles.